The molecule has 0 fully saturated rings. The van der Waals surface area contributed by atoms with Crippen LogP contribution in [0.1, 0.15) is 26.3 Å². The van der Waals surface area contributed by atoms with Gasteiger partial charge >= 0.3 is 0 Å². The van der Waals surface area contributed by atoms with Crippen molar-refractivity contribution >= 4 is 16.9 Å². The van der Waals surface area contributed by atoms with E-state index in [1.807, 2.05) is 12.1 Å². The zero-order valence-electron chi connectivity index (χ0n) is 9.72. The molecular formula is C13H17NO. The van der Waals surface area contributed by atoms with Crippen molar-refractivity contribution in [1.82, 2.24) is 0 Å². The summed E-state index contributed by atoms with van der Waals surface area (Å²) in [5, 5.41) is 4.48. The molecule has 2 rings (SSSR count). The number of fused-ring (bicyclic) bond motifs is 1. The first-order chi connectivity index (χ1) is 6.94. The number of hydrogen-bond acceptors (Lipinski definition) is 2. The summed E-state index contributed by atoms with van der Waals surface area (Å²) in [6, 6.07) is 8.26. The van der Waals surface area contributed by atoms with Crippen LogP contribution < -0.4 is 5.32 Å². The van der Waals surface area contributed by atoms with Crippen molar-refractivity contribution in [2.75, 3.05) is 5.32 Å². The van der Waals surface area contributed by atoms with E-state index in [4.69, 9.17) is 4.42 Å². The summed E-state index contributed by atoms with van der Waals surface area (Å²) < 4.78 is 5.69. The predicted molar refractivity (Wildman–Crippen MR) is 64.3 cm³/mol. The van der Waals surface area contributed by atoms with Crippen molar-refractivity contribution in [1.29, 1.82) is 0 Å². The second-order valence-electron chi connectivity index (χ2n) is 5.03. The second-order valence-corrected chi connectivity index (χ2v) is 5.03. The largest absolute Gasteiger partial charge is 0.441 e. The Morgan fingerprint density at radius 1 is 1.13 bits per heavy atom. The molecule has 0 amide bonds. The Bertz CT molecular complexity index is 477. The normalized spacial score (nSPS) is 12.0. The first-order valence-corrected chi connectivity index (χ1v) is 5.22. The Kier molecular flexibility index (Phi) is 2.22. The molecule has 0 atom stereocenters. The molecule has 0 radical (unpaired) electrons. The van der Waals surface area contributed by atoms with E-state index in [0.29, 0.717) is 0 Å². The quantitative estimate of drug-likeness (QED) is 0.759. The van der Waals surface area contributed by atoms with Gasteiger partial charge in [-0.25, -0.2) is 0 Å². The Morgan fingerprint density at radius 2 is 1.87 bits per heavy atom. The molecule has 0 spiro atoms. The average Bonchev–Trinajstić information content (AvgIpc) is 2.42. The molecular weight excluding hydrogens is 186 g/mol. The molecule has 0 aliphatic rings. The smallest absolute Gasteiger partial charge is 0.194 e. The van der Waals surface area contributed by atoms with E-state index in [0.717, 1.165) is 16.9 Å². The van der Waals surface area contributed by atoms with Gasteiger partial charge in [-0.3, -0.25) is 0 Å². The number of anilines is 1. The average molecular weight is 203 g/mol. The van der Waals surface area contributed by atoms with Gasteiger partial charge in [-0.05, 0) is 39.8 Å². The lowest BCUT2D eigenvalue weighted by Crippen LogP contribution is -2.25. The molecule has 80 valence electrons. The minimum Gasteiger partial charge on any atom is -0.441 e. The maximum Gasteiger partial charge on any atom is 0.194 e. The van der Waals surface area contributed by atoms with E-state index in [1.54, 1.807) is 0 Å². The molecule has 15 heavy (non-hydrogen) atoms. The van der Waals surface area contributed by atoms with Gasteiger partial charge < -0.3 is 9.73 Å². The lowest BCUT2D eigenvalue weighted by atomic mass is 10.1. The van der Waals surface area contributed by atoms with Crippen LogP contribution in [0.15, 0.2) is 28.7 Å². The highest BCUT2D eigenvalue weighted by Crippen LogP contribution is 2.25. The zero-order valence-corrected chi connectivity index (χ0v) is 9.72. The van der Waals surface area contributed by atoms with Gasteiger partial charge in [0.2, 0.25) is 0 Å². The summed E-state index contributed by atoms with van der Waals surface area (Å²) in [6.45, 7) is 8.44. The maximum absolute atomic E-state index is 5.69. The topological polar surface area (TPSA) is 25.2 Å². The minimum absolute atomic E-state index is 0.0307. The Hall–Kier alpha value is -1.44. The molecule has 0 unspecified atom stereocenters. The molecule has 1 aromatic heterocycles. The fourth-order valence-corrected chi connectivity index (χ4v) is 1.59. The van der Waals surface area contributed by atoms with Crippen LogP contribution in [0.5, 0.6) is 0 Å². The first-order valence-electron chi connectivity index (χ1n) is 5.22. The Balaban J connectivity index is 2.39. The van der Waals surface area contributed by atoms with E-state index < -0.39 is 0 Å². The van der Waals surface area contributed by atoms with Crippen molar-refractivity contribution in [2.24, 2.45) is 0 Å². The molecule has 0 aliphatic heterocycles. The Labute approximate surface area is 90.3 Å². The number of furan rings is 1. The van der Waals surface area contributed by atoms with Crippen molar-refractivity contribution in [3.8, 4) is 0 Å². The fraction of sp³-hybridized carbons (Fsp3) is 0.385. The number of rotatable bonds is 1. The van der Waals surface area contributed by atoms with Crippen LogP contribution in [-0.4, -0.2) is 5.54 Å². The van der Waals surface area contributed by atoms with Gasteiger partial charge in [-0.15, -0.1) is 0 Å². The number of benzene rings is 1. The summed E-state index contributed by atoms with van der Waals surface area (Å²) in [5.41, 5.74) is 2.22. The fourth-order valence-electron chi connectivity index (χ4n) is 1.59. The highest BCUT2D eigenvalue weighted by atomic mass is 16.3. The van der Waals surface area contributed by atoms with Gasteiger partial charge in [0.05, 0.1) is 0 Å². The molecule has 1 N–H and O–H groups in total. The highest BCUT2D eigenvalue weighted by Gasteiger charge is 2.12. The number of hydrogen-bond donors (Lipinski definition) is 1. The monoisotopic (exact) mass is 203 g/mol. The van der Waals surface area contributed by atoms with Crippen LogP contribution in [0.25, 0.3) is 11.0 Å². The van der Waals surface area contributed by atoms with Crippen molar-refractivity contribution < 1.29 is 4.42 Å². The number of nitrogens with one attached hydrogen (secondary N) is 1. The molecule has 0 saturated carbocycles. The third-order valence-electron chi connectivity index (χ3n) is 2.17. The van der Waals surface area contributed by atoms with Crippen LogP contribution >= 0.6 is 0 Å². The van der Waals surface area contributed by atoms with Crippen molar-refractivity contribution in [3.05, 3.63) is 29.8 Å². The van der Waals surface area contributed by atoms with E-state index in [1.165, 1.54) is 5.56 Å². The van der Waals surface area contributed by atoms with E-state index >= 15 is 0 Å². The summed E-state index contributed by atoms with van der Waals surface area (Å²) in [7, 11) is 0. The van der Waals surface area contributed by atoms with Gasteiger partial charge in [-0.1, -0.05) is 11.6 Å². The van der Waals surface area contributed by atoms with Gasteiger partial charge in [0.25, 0.3) is 0 Å². The molecule has 0 bridgehead atoms. The molecule has 0 aliphatic carbocycles. The van der Waals surface area contributed by atoms with Gasteiger partial charge in [0.1, 0.15) is 5.58 Å². The van der Waals surface area contributed by atoms with Crippen LogP contribution in [0.3, 0.4) is 0 Å². The number of aryl methyl sites for hydroxylation is 1. The summed E-state index contributed by atoms with van der Waals surface area (Å²) >= 11 is 0. The first kappa shape index (κ1) is 10.1. The van der Waals surface area contributed by atoms with E-state index in [2.05, 4.69) is 45.1 Å². The SMILES string of the molecule is Cc1ccc2oc(NC(C)(C)C)cc2c1. The summed E-state index contributed by atoms with van der Waals surface area (Å²) in [6.07, 6.45) is 0. The lowest BCUT2D eigenvalue weighted by molar-refractivity contribution is 0.565. The van der Waals surface area contributed by atoms with E-state index in [9.17, 15) is 0 Å². The molecule has 0 saturated heterocycles. The third kappa shape index (κ3) is 2.32. The zero-order chi connectivity index (χ0) is 11.1. The van der Waals surface area contributed by atoms with E-state index in [-0.39, 0.29) is 5.54 Å². The van der Waals surface area contributed by atoms with Crippen LogP contribution in [0, 0.1) is 6.92 Å². The lowest BCUT2D eigenvalue weighted by Gasteiger charge is -2.19. The second kappa shape index (κ2) is 3.30. The Morgan fingerprint density at radius 3 is 2.53 bits per heavy atom. The maximum atomic E-state index is 5.69. The molecule has 2 nitrogen and oxygen atoms in total. The van der Waals surface area contributed by atoms with Crippen LogP contribution in [-0.2, 0) is 0 Å². The van der Waals surface area contributed by atoms with Crippen molar-refractivity contribution in [2.45, 2.75) is 33.2 Å². The highest BCUT2D eigenvalue weighted by molar-refractivity contribution is 5.81. The van der Waals surface area contributed by atoms with Gasteiger partial charge in [0.15, 0.2) is 5.88 Å². The summed E-state index contributed by atoms with van der Waals surface area (Å²) in [4.78, 5) is 0. The predicted octanol–water partition coefficient (Wildman–Crippen LogP) is 3.95. The van der Waals surface area contributed by atoms with Gasteiger partial charge in [-0.2, -0.15) is 0 Å². The van der Waals surface area contributed by atoms with Gasteiger partial charge in [0, 0.05) is 17.0 Å². The standard InChI is InChI=1S/C13H17NO/c1-9-5-6-11-10(7-9)8-12(15-11)14-13(2,3)4/h5-8,14H,1-4H3. The van der Waals surface area contributed by atoms with Crippen molar-refractivity contribution in [3.63, 3.8) is 0 Å². The molecule has 1 heterocycles. The minimum atomic E-state index is 0.0307. The van der Waals surface area contributed by atoms with Crippen LogP contribution in [0.4, 0.5) is 5.88 Å². The molecule has 2 heteroatoms. The van der Waals surface area contributed by atoms with Crippen LogP contribution in [0.2, 0.25) is 0 Å². The molecule has 1 aromatic carbocycles. The molecule has 2 aromatic rings. The third-order valence-corrected chi connectivity index (χ3v) is 2.17. The summed E-state index contributed by atoms with van der Waals surface area (Å²) in [5.74, 6) is 0.836.